The van der Waals surface area contributed by atoms with Crippen LogP contribution in [-0.4, -0.2) is 39.3 Å². The maximum atomic E-state index is 14.9. The molecule has 4 rings (SSSR count). The van der Waals surface area contributed by atoms with E-state index >= 15 is 0 Å². The standard InChI is InChI=1S/C23H22ClFN4O2S/c1-3-12-32-23-28-27-22-18(9-11-20(30)31-2)26-21(15-6-4-5-7-17(15)25)16-13-14(24)8-10-19(16)29(22)23/h4-8,10,13,18H,3,9,11-12H2,1-2H3/t18-/m0/s1. The van der Waals surface area contributed by atoms with Gasteiger partial charge < -0.3 is 4.74 Å². The second-order valence-electron chi connectivity index (χ2n) is 7.27. The van der Waals surface area contributed by atoms with Crippen LogP contribution in [0.15, 0.2) is 52.6 Å². The predicted molar refractivity (Wildman–Crippen MR) is 123 cm³/mol. The molecule has 0 fully saturated rings. The van der Waals surface area contributed by atoms with Crippen molar-refractivity contribution in [2.45, 2.75) is 37.4 Å². The summed E-state index contributed by atoms with van der Waals surface area (Å²) in [6, 6.07) is 11.4. The van der Waals surface area contributed by atoms with Gasteiger partial charge in [0.2, 0.25) is 0 Å². The summed E-state index contributed by atoms with van der Waals surface area (Å²) in [6.45, 7) is 2.10. The fourth-order valence-electron chi connectivity index (χ4n) is 3.60. The Bertz CT molecular complexity index is 1180. The number of nitrogens with zero attached hydrogens (tertiary/aromatic N) is 4. The van der Waals surface area contributed by atoms with E-state index in [4.69, 9.17) is 21.3 Å². The quantitative estimate of drug-likeness (QED) is 0.340. The van der Waals surface area contributed by atoms with Crippen molar-refractivity contribution in [1.82, 2.24) is 14.8 Å². The minimum absolute atomic E-state index is 0.149. The van der Waals surface area contributed by atoms with Crippen LogP contribution in [0, 0.1) is 5.82 Å². The summed E-state index contributed by atoms with van der Waals surface area (Å²) in [4.78, 5) is 16.8. The number of halogens is 2. The van der Waals surface area contributed by atoms with E-state index in [0.29, 0.717) is 34.1 Å². The van der Waals surface area contributed by atoms with Gasteiger partial charge in [0.1, 0.15) is 11.9 Å². The average molecular weight is 473 g/mol. The number of benzene rings is 2. The first-order valence-electron chi connectivity index (χ1n) is 10.3. The van der Waals surface area contributed by atoms with Crippen LogP contribution in [0.1, 0.15) is 49.2 Å². The lowest BCUT2D eigenvalue weighted by Crippen LogP contribution is -2.10. The third kappa shape index (κ3) is 4.42. The molecule has 0 radical (unpaired) electrons. The van der Waals surface area contributed by atoms with Crippen molar-refractivity contribution in [3.05, 3.63) is 70.3 Å². The molecule has 1 aliphatic rings. The van der Waals surface area contributed by atoms with Crippen LogP contribution in [0.5, 0.6) is 0 Å². The molecule has 0 aliphatic carbocycles. The summed E-state index contributed by atoms with van der Waals surface area (Å²) < 4.78 is 21.6. The van der Waals surface area contributed by atoms with Crippen LogP contribution < -0.4 is 0 Å². The van der Waals surface area contributed by atoms with Gasteiger partial charge in [0.15, 0.2) is 11.0 Å². The van der Waals surface area contributed by atoms with E-state index in [1.807, 2.05) is 10.6 Å². The molecule has 0 N–H and O–H groups in total. The Balaban J connectivity index is 1.94. The number of fused-ring (bicyclic) bond motifs is 3. The molecule has 2 aromatic carbocycles. The maximum absolute atomic E-state index is 14.9. The van der Waals surface area contributed by atoms with Gasteiger partial charge in [0, 0.05) is 28.3 Å². The number of carbonyl (C=O) groups excluding carboxylic acids is 1. The van der Waals surface area contributed by atoms with Crippen LogP contribution in [0.4, 0.5) is 4.39 Å². The summed E-state index contributed by atoms with van der Waals surface area (Å²) in [7, 11) is 1.35. The van der Waals surface area contributed by atoms with E-state index in [0.717, 1.165) is 23.0 Å². The molecule has 6 nitrogen and oxygen atoms in total. The van der Waals surface area contributed by atoms with Crippen molar-refractivity contribution < 1.29 is 13.9 Å². The number of thioether (sulfide) groups is 1. The number of aliphatic imine (C=N–C) groups is 1. The highest BCUT2D eigenvalue weighted by molar-refractivity contribution is 7.99. The largest absolute Gasteiger partial charge is 0.469 e. The van der Waals surface area contributed by atoms with E-state index in [-0.39, 0.29) is 18.2 Å². The highest BCUT2D eigenvalue weighted by Gasteiger charge is 2.30. The first kappa shape index (κ1) is 22.5. The van der Waals surface area contributed by atoms with Crippen molar-refractivity contribution in [1.29, 1.82) is 0 Å². The lowest BCUT2D eigenvalue weighted by atomic mass is 10.00. The third-order valence-corrected chi connectivity index (χ3v) is 6.48. The molecule has 32 heavy (non-hydrogen) atoms. The van der Waals surface area contributed by atoms with E-state index in [1.54, 1.807) is 42.1 Å². The van der Waals surface area contributed by atoms with Crippen molar-refractivity contribution in [2.75, 3.05) is 12.9 Å². The first-order chi connectivity index (χ1) is 15.5. The molecular weight excluding hydrogens is 451 g/mol. The average Bonchev–Trinajstić information content (AvgIpc) is 3.16. The number of rotatable bonds is 7. The van der Waals surface area contributed by atoms with E-state index in [2.05, 4.69) is 17.1 Å². The van der Waals surface area contributed by atoms with Crippen LogP contribution in [-0.2, 0) is 9.53 Å². The fraction of sp³-hybridized carbons (Fsp3) is 0.304. The number of methoxy groups -OCH3 is 1. The van der Waals surface area contributed by atoms with Crippen LogP contribution >= 0.6 is 23.4 Å². The lowest BCUT2D eigenvalue weighted by molar-refractivity contribution is -0.140. The highest BCUT2D eigenvalue weighted by atomic mass is 35.5. The Kier molecular flexibility index (Phi) is 6.91. The number of carbonyl (C=O) groups is 1. The first-order valence-corrected chi connectivity index (χ1v) is 11.7. The topological polar surface area (TPSA) is 69.4 Å². The Morgan fingerprint density at radius 3 is 2.78 bits per heavy atom. The Labute approximate surface area is 194 Å². The van der Waals surface area contributed by atoms with E-state index in [9.17, 15) is 9.18 Å². The van der Waals surface area contributed by atoms with Gasteiger partial charge in [-0.3, -0.25) is 14.4 Å². The molecule has 0 saturated heterocycles. The van der Waals surface area contributed by atoms with Crippen LogP contribution in [0.2, 0.25) is 5.02 Å². The van der Waals surface area contributed by atoms with Crippen LogP contribution in [0.25, 0.3) is 5.69 Å². The van der Waals surface area contributed by atoms with Gasteiger partial charge in [-0.2, -0.15) is 0 Å². The van der Waals surface area contributed by atoms with Crippen molar-refractivity contribution >= 4 is 35.0 Å². The molecule has 9 heteroatoms. The zero-order chi connectivity index (χ0) is 22.7. The molecule has 0 amide bonds. The second kappa shape index (κ2) is 9.83. The molecule has 1 aromatic heterocycles. The normalized spacial score (nSPS) is 14.9. The van der Waals surface area contributed by atoms with Gasteiger partial charge >= 0.3 is 5.97 Å². The van der Waals surface area contributed by atoms with Crippen molar-refractivity contribution in [2.24, 2.45) is 4.99 Å². The number of ether oxygens (including phenoxy) is 1. The van der Waals surface area contributed by atoms with Crippen LogP contribution in [0.3, 0.4) is 0 Å². The lowest BCUT2D eigenvalue weighted by Gasteiger charge is -2.14. The van der Waals surface area contributed by atoms with Gasteiger partial charge in [0.05, 0.1) is 18.5 Å². The molecule has 1 atom stereocenters. The third-order valence-electron chi connectivity index (χ3n) is 5.11. The molecule has 0 bridgehead atoms. The fourth-order valence-corrected chi connectivity index (χ4v) is 4.58. The maximum Gasteiger partial charge on any atom is 0.305 e. The van der Waals surface area contributed by atoms with Gasteiger partial charge in [-0.1, -0.05) is 42.4 Å². The predicted octanol–water partition coefficient (Wildman–Crippen LogP) is 5.41. The monoisotopic (exact) mass is 472 g/mol. The molecule has 2 heterocycles. The molecular formula is C23H22ClFN4O2S. The smallest absolute Gasteiger partial charge is 0.305 e. The Morgan fingerprint density at radius 2 is 2.03 bits per heavy atom. The van der Waals surface area contributed by atoms with Gasteiger partial charge in [0.25, 0.3) is 0 Å². The highest BCUT2D eigenvalue weighted by Crippen LogP contribution is 2.36. The van der Waals surface area contributed by atoms with Crippen molar-refractivity contribution in [3.63, 3.8) is 0 Å². The molecule has 3 aromatic rings. The number of hydrogen-bond donors (Lipinski definition) is 0. The van der Waals surface area contributed by atoms with Gasteiger partial charge in [-0.05, 0) is 43.2 Å². The zero-order valence-electron chi connectivity index (χ0n) is 17.7. The summed E-state index contributed by atoms with van der Waals surface area (Å²) in [5.41, 5.74) is 2.28. The molecule has 0 spiro atoms. The molecule has 0 saturated carbocycles. The molecule has 1 aliphatic heterocycles. The molecule has 166 valence electrons. The second-order valence-corrected chi connectivity index (χ2v) is 8.77. The summed E-state index contributed by atoms with van der Waals surface area (Å²) >= 11 is 7.94. The Morgan fingerprint density at radius 1 is 1.22 bits per heavy atom. The minimum atomic E-state index is -0.515. The molecule has 0 unspecified atom stereocenters. The zero-order valence-corrected chi connectivity index (χ0v) is 19.3. The summed E-state index contributed by atoms with van der Waals surface area (Å²) in [5, 5.41) is 10.1. The number of esters is 1. The van der Waals surface area contributed by atoms with E-state index in [1.165, 1.54) is 13.2 Å². The SMILES string of the molecule is CCCSc1nnc2n1-c1ccc(Cl)cc1C(c1ccccc1F)=N[C@H]2CCC(=O)OC. The summed E-state index contributed by atoms with van der Waals surface area (Å²) in [6.07, 6.45) is 1.47. The Hall–Kier alpha value is -2.71. The van der Waals surface area contributed by atoms with Gasteiger partial charge in [-0.15, -0.1) is 10.2 Å². The minimum Gasteiger partial charge on any atom is -0.469 e. The number of aromatic nitrogens is 3. The van der Waals surface area contributed by atoms with Crippen molar-refractivity contribution in [3.8, 4) is 5.69 Å². The summed E-state index contributed by atoms with van der Waals surface area (Å²) in [5.74, 6) is 0.739. The number of hydrogen-bond acceptors (Lipinski definition) is 6. The van der Waals surface area contributed by atoms with E-state index < -0.39 is 6.04 Å². The van der Waals surface area contributed by atoms with Gasteiger partial charge in [-0.25, -0.2) is 4.39 Å².